The lowest BCUT2D eigenvalue weighted by atomic mass is 10.1. The van der Waals surface area contributed by atoms with Crippen LogP contribution in [-0.2, 0) is 9.59 Å². The summed E-state index contributed by atoms with van der Waals surface area (Å²) in [6, 6.07) is 12.9. The molecule has 3 rings (SSSR count). The first kappa shape index (κ1) is 21.4. The highest BCUT2D eigenvalue weighted by Gasteiger charge is 2.19. The van der Waals surface area contributed by atoms with E-state index in [1.54, 1.807) is 18.1 Å². The lowest BCUT2D eigenvalue weighted by Crippen LogP contribution is -2.35. The van der Waals surface area contributed by atoms with E-state index in [1.807, 2.05) is 56.3 Å². The molecule has 2 amide bonds. The quantitative estimate of drug-likeness (QED) is 0.677. The van der Waals surface area contributed by atoms with E-state index in [4.69, 9.17) is 9.47 Å². The van der Waals surface area contributed by atoms with E-state index in [0.29, 0.717) is 30.2 Å². The normalized spacial score (nSPS) is 14.3. The van der Waals surface area contributed by atoms with Crippen LogP contribution in [0.3, 0.4) is 0 Å². The molecule has 1 N–H and O–H groups in total. The summed E-state index contributed by atoms with van der Waals surface area (Å²) >= 11 is 0. The molecular formula is C24H28N2O4. The number of anilines is 2. The Morgan fingerprint density at radius 1 is 1.13 bits per heavy atom. The summed E-state index contributed by atoms with van der Waals surface area (Å²) in [4.78, 5) is 26.3. The number of hydrogen-bond donors (Lipinski definition) is 1. The Morgan fingerprint density at radius 3 is 2.70 bits per heavy atom. The number of benzene rings is 2. The summed E-state index contributed by atoms with van der Waals surface area (Å²) < 4.78 is 11.1. The highest BCUT2D eigenvalue weighted by molar-refractivity contribution is 6.02. The van der Waals surface area contributed by atoms with Crippen molar-refractivity contribution in [2.45, 2.75) is 39.2 Å². The highest BCUT2D eigenvalue weighted by Crippen LogP contribution is 2.29. The minimum atomic E-state index is -0.251. The Morgan fingerprint density at radius 2 is 1.97 bits per heavy atom. The Hall–Kier alpha value is -3.28. The molecule has 0 aliphatic carbocycles. The third kappa shape index (κ3) is 5.63. The van der Waals surface area contributed by atoms with Crippen molar-refractivity contribution in [3.63, 3.8) is 0 Å². The van der Waals surface area contributed by atoms with Crippen LogP contribution in [0.15, 0.2) is 48.5 Å². The zero-order chi connectivity index (χ0) is 21.5. The summed E-state index contributed by atoms with van der Waals surface area (Å²) in [6.45, 7) is 4.62. The van der Waals surface area contributed by atoms with Crippen LogP contribution in [0, 0.1) is 0 Å². The molecule has 0 saturated carbocycles. The van der Waals surface area contributed by atoms with Gasteiger partial charge in [-0.25, -0.2) is 0 Å². The summed E-state index contributed by atoms with van der Waals surface area (Å²) in [6.07, 6.45) is 5.73. The van der Waals surface area contributed by atoms with Crippen LogP contribution in [0.5, 0.6) is 11.5 Å². The van der Waals surface area contributed by atoms with E-state index in [0.717, 1.165) is 24.1 Å². The SMILES string of the molecule is COc1cc(/C=C/C(=O)Nc2cccc(N3CCCCC3=O)c2)ccc1OC(C)C. The molecule has 2 aromatic rings. The lowest BCUT2D eigenvalue weighted by molar-refractivity contribution is -0.119. The molecule has 1 heterocycles. The molecule has 0 radical (unpaired) electrons. The maximum Gasteiger partial charge on any atom is 0.248 e. The van der Waals surface area contributed by atoms with Gasteiger partial charge in [-0.1, -0.05) is 12.1 Å². The van der Waals surface area contributed by atoms with Crippen LogP contribution >= 0.6 is 0 Å². The van der Waals surface area contributed by atoms with Gasteiger partial charge in [-0.2, -0.15) is 0 Å². The predicted molar refractivity (Wildman–Crippen MR) is 119 cm³/mol. The van der Waals surface area contributed by atoms with Crippen LogP contribution in [0.2, 0.25) is 0 Å². The van der Waals surface area contributed by atoms with Crippen LogP contribution in [0.4, 0.5) is 11.4 Å². The molecule has 6 nitrogen and oxygen atoms in total. The molecule has 1 aliphatic heterocycles. The number of hydrogen-bond acceptors (Lipinski definition) is 4. The summed E-state index contributed by atoms with van der Waals surface area (Å²) in [7, 11) is 1.59. The Bertz CT molecular complexity index is 937. The van der Waals surface area contributed by atoms with Gasteiger partial charge in [0.15, 0.2) is 11.5 Å². The smallest absolute Gasteiger partial charge is 0.248 e. The maximum absolute atomic E-state index is 12.4. The molecule has 0 atom stereocenters. The fraction of sp³-hybridized carbons (Fsp3) is 0.333. The van der Waals surface area contributed by atoms with Gasteiger partial charge in [0.05, 0.1) is 13.2 Å². The van der Waals surface area contributed by atoms with Gasteiger partial charge >= 0.3 is 0 Å². The molecule has 1 saturated heterocycles. The van der Waals surface area contributed by atoms with E-state index in [9.17, 15) is 9.59 Å². The minimum Gasteiger partial charge on any atom is -0.493 e. The molecule has 0 bridgehead atoms. The monoisotopic (exact) mass is 408 g/mol. The number of carbonyl (C=O) groups is 2. The Labute approximate surface area is 177 Å². The first-order valence-corrected chi connectivity index (χ1v) is 10.2. The first-order chi connectivity index (χ1) is 14.5. The van der Waals surface area contributed by atoms with E-state index in [2.05, 4.69) is 5.32 Å². The number of rotatable bonds is 7. The number of amides is 2. The molecule has 2 aromatic carbocycles. The maximum atomic E-state index is 12.4. The second-order valence-electron chi connectivity index (χ2n) is 7.45. The number of carbonyl (C=O) groups excluding carboxylic acids is 2. The molecule has 6 heteroatoms. The second-order valence-corrected chi connectivity index (χ2v) is 7.45. The van der Waals surface area contributed by atoms with Gasteiger partial charge in [0.2, 0.25) is 11.8 Å². The number of ether oxygens (including phenoxy) is 2. The van der Waals surface area contributed by atoms with Gasteiger partial charge in [0.25, 0.3) is 0 Å². The fourth-order valence-electron chi connectivity index (χ4n) is 3.33. The van der Waals surface area contributed by atoms with Crippen molar-refractivity contribution in [3.8, 4) is 11.5 Å². The molecule has 0 unspecified atom stereocenters. The molecule has 0 spiro atoms. The van der Waals surface area contributed by atoms with Gasteiger partial charge in [-0.05, 0) is 68.7 Å². The van der Waals surface area contributed by atoms with Crippen molar-refractivity contribution in [2.24, 2.45) is 0 Å². The molecule has 1 fully saturated rings. The van der Waals surface area contributed by atoms with Crippen molar-refractivity contribution in [3.05, 3.63) is 54.1 Å². The number of nitrogens with zero attached hydrogens (tertiary/aromatic N) is 1. The largest absolute Gasteiger partial charge is 0.493 e. The van der Waals surface area contributed by atoms with Gasteiger partial charge in [0, 0.05) is 30.4 Å². The number of piperidine rings is 1. The molecule has 0 aromatic heterocycles. The average Bonchev–Trinajstić information content (AvgIpc) is 2.73. The number of nitrogens with one attached hydrogen (secondary N) is 1. The van der Waals surface area contributed by atoms with Crippen LogP contribution in [-0.4, -0.2) is 31.6 Å². The molecule has 30 heavy (non-hydrogen) atoms. The molecule has 1 aliphatic rings. The predicted octanol–water partition coefficient (Wildman–Crippen LogP) is 4.65. The standard InChI is InChI=1S/C24H28N2O4/c1-17(2)30-21-12-10-18(15-22(21)29-3)11-13-23(27)25-19-7-6-8-20(16-19)26-14-5-4-9-24(26)28/h6-8,10-13,15-17H,4-5,9,14H2,1-3H3,(H,25,27)/b13-11+. The minimum absolute atomic E-state index is 0.0436. The van der Waals surface area contributed by atoms with E-state index >= 15 is 0 Å². The Balaban J connectivity index is 1.66. The number of methoxy groups -OCH3 is 1. The van der Waals surface area contributed by atoms with E-state index in [-0.39, 0.29) is 17.9 Å². The van der Waals surface area contributed by atoms with Crippen LogP contribution < -0.4 is 19.7 Å². The van der Waals surface area contributed by atoms with Crippen LogP contribution in [0.1, 0.15) is 38.7 Å². The third-order valence-electron chi connectivity index (χ3n) is 4.73. The third-order valence-corrected chi connectivity index (χ3v) is 4.73. The zero-order valence-electron chi connectivity index (χ0n) is 17.7. The first-order valence-electron chi connectivity index (χ1n) is 10.2. The van der Waals surface area contributed by atoms with Crippen molar-refractivity contribution >= 4 is 29.3 Å². The van der Waals surface area contributed by atoms with E-state index in [1.165, 1.54) is 6.08 Å². The van der Waals surface area contributed by atoms with Gasteiger partial charge < -0.3 is 19.7 Å². The van der Waals surface area contributed by atoms with Crippen LogP contribution in [0.25, 0.3) is 6.08 Å². The summed E-state index contributed by atoms with van der Waals surface area (Å²) in [5.41, 5.74) is 2.29. The molecule has 158 valence electrons. The van der Waals surface area contributed by atoms with Gasteiger partial charge in [0.1, 0.15) is 0 Å². The average molecular weight is 408 g/mol. The van der Waals surface area contributed by atoms with E-state index < -0.39 is 0 Å². The molecular weight excluding hydrogens is 380 g/mol. The highest BCUT2D eigenvalue weighted by atomic mass is 16.5. The second kappa shape index (κ2) is 9.96. The van der Waals surface area contributed by atoms with Crippen molar-refractivity contribution < 1.29 is 19.1 Å². The van der Waals surface area contributed by atoms with Gasteiger partial charge in [-0.15, -0.1) is 0 Å². The topological polar surface area (TPSA) is 67.9 Å². The van der Waals surface area contributed by atoms with Crippen molar-refractivity contribution in [1.29, 1.82) is 0 Å². The Kier molecular flexibility index (Phi) is 7.12. The van der Waals surface area contributed by atoms with Crippen molar-refractivity contribution in [2.75, 3.05) is 23.9 Å². The van der Waals surface area contributed by atoms with Gasteiger partial charge in [-0.3, -0.25) is 9.59 Å². The van der Waals surface area contributed by atoms with Crippen molar-refractivity contribution in [1.82, 2.24) is 0 Å². The summed E-state index contributed by atoms with van der Waals surface area (Å²) in [5, 5.41) is 2.85. The lowest BCUT2D eigenvalue weighted by Gasteiger charge is -2.27. The fourth-order valence-corrected chi connectivity index (χ4v) is 3.33. The zero-order valence-corrected chi connectivity index (χ0v) is 17.7. The summed E-state index contributed by atoms with van der Waals surface area (Å²) in [5.74, 6) is 1.16.